The van der Waals surface area contributed by atoms with E-state index in [1.165, 1.54) is 5.69 Å². The number of anilines is 4. The standard InChI is InChI=1S/C22H32N6O/c1-3-17-15-24-22(26-21(17)23-16-20-5-4-14-29-20)25-18-6-8-19(9-7-18)28-12-10-27(2)11-13-28/h6-9,15,20H,3-5,10-14,16H2,1-2H3,(H2,23,24,25,26). The molecule has 0 radical (unpaired) electrons. The molecular weight excluding hydrogens is 364 g/mol. The quantitative estimate of drug-likeness (QED) is 0.745. The molecule has 29 heavy (non-hydrogen) atoms. The molecule has 0 aliphatic carbocycles. The van der Waals surface area contributed by atoms with Crippen molar-refractivity contribution < 1.29 is 4.74 Å². The summed E-state index contributed by atoms with van der Waals surface area (Å²) in [6, 6.07) is 8.55. The maximum Gasteiger partial charge on any atom is 0.229 e. The van der Waals surface area contributed by atoms with E-state index < -0.39 is 0 Å². The molecule has 2 fully saturated rings. The average Bonchev–Trinajstić information content (AvgIpc) is 3.27. The molecule has 0 amide bonds. The minimum atomic E-state index is 0.285. The smallest absolute Gasteiger partial charge is 0.229 e. The fourth-order valence-electron chi connectivity index (χ4n) is 3.84. The molecule has 7 nitrogen and oxygen atoms in total. The SMILES string of the molecule is CCc1cnc(Nc2ccc(N3CCN(C)CC3)cc2)nc1NCC1CCCO1. The van der Waals surface area contributed by atoms with Crippen LogP contribution in [0, 0.1) is 0 Å². The summed E-state index contributed by atoms with van der Waals surface area (Å²) >= 11 is 0. The number of ether oxygens (including phenoxy) is 1. The summed E-state index contributed by atoms with van der Waals surface area (Å²) in [4.78, 5) is 14.0. The van der Waals surface area contributed by atoms with Gasteiger partial charge < -0.3 is 25.2 Å². The van der Waals surface area contributed by atoms with Crippen LogP contribution in [0.2, 0.25) is 0 Å². The summed E-state index contributed by atoms with van der Waals surface area (Å²) in [5.41, 5.74) is 3.39. The molecule has 1 unspecified atom stereocenters. The van der Waals surface area contributed by atoms with E-state index in [0.29, 0.717) is 5.95 Å². The Bertz CT molecular complexity index is 782. The summed E-state index contributed by atoms with van der Waals surface area (Å²) in [7, 11) is 2.18. The highest BCUT2D eigenvalue weighted by Crippen LogP contribution is 2.23. The van der Waals surface area contributed by atoms with E-state index >= 15 is 0 Å². The summed E-state index contributed by atoms with van der Waals surface area (Å²) in [5.74, 6) is 1.51. The Morgan fingerprint density at radius 3 is 2.62 bits per heavy atom. The molecule has 1 aromatic carbocycles. The summed E-state index contributed by atoms with van der Waals surface area (Å²) in [6.45, 7) is 8.16. The number of likely N-dealkylation sites (N-methyl/N-ethyl adjacent to an activating group) is 1. The van der Waals surface area contributed by atoms with Crippen LogP contribution >= 0.6 is 0 Å². The van der Waals surface area contributed by atoms with Crippen molar-refractivity contribution in [3.8, 4) is 0 Å². The number of hydrogen-bond acceptors (Lipinski definition) is 7. The molecule has 2 aliphatic heterocycles. The van der Waals surface area contributed by atoms with Crippen molar-refractivity contribution in [1.82, 2.24) is 14.9 Å². The highest BCUT2D eigenvalue weighted by atomic mass is 16.5. The van der Waals surface area contributed by atoms with Crippen molar-refractivity contribution in [2.24, 2.45) is 0 Å². The van der Waals surface area contributed by atoms with E-state index in [0.717, 1.165) is 75.7 Å². The lowest BCUT2D eigenvalue weighted by Crippen LogP contribution is -2.44. The predicted molar refractivity (Wildman–Crippen MR) is 118 cm³/mol. The maximum absolute atomic E-state index is 5.71. The van der Waals surface area contributed by atoms with Gasteiger partial charge in [0.15, 0.2) is 0 Å². The molecule has 2 N–H and O–H groups in total. The number of aryl methyl sites for hydroxylation is 1. The van der Waals surface area contributed by atoms with E-state index in [9.17, 15) is 0 Å². The second kappa shape index (κ2) is 9.41. The third-order valence-corrected chi connectivity index (χ3v) is 5.76. The van der Waals surface area contributed by atoms with Crippen LogP contribution in [-0.4, -0.2) is 67.4 Å². The molecule has 1 atom stereocenters. The molecule has 3 heterocycles. The Balaban J connectivity index is 1.39. The molecule has 4 rings (SSSR count). The number of rotatable bonds is 7. The minimum Gasteiger partial charge on any atom is -0.376 e. The third kappa shape index (κ3) is 5.16. The van der Waals surface area contributed by atoms with Gasteiger partial charge in [-0.05, 0) is 50.6 Å². The zero-order valence-corrected chi connectivity index (χ0v) is 17.5. The zero-order valence-electron chi connectivity index (χ0n) is 17.5. The number of hydrogen-bond donors (Lipinski definition) is 2. The second-order valence-electron chi connectivity index (χ2n) is 7.90. The number of nitrogens with zero attached hydrogens (tertiary/aromatic N) is 4. The number of nitrogens with one attached hydrogen (secondary N) is 2. The fraction of sp³-hybridized carbons (Fsp3) is 0.545. The van der Waals surface area contributed by atoms with E-state index in [-0.39, 0.29) is 6.10 Å². The highest BCUT2D eigenvalue weighted by molar-refractivity contribution is 5.60. The van der Waals surface area contributed by atoms with Gasteiger partial charge in [-0.2, -0.15) is 4.98 Å². The Morgan fingerprint density at radius 1 is 1.14 bits per heavy atom. The van der Waals surface area contributed by atoms with Gasteiger partial charge in [-0.1, -0.05) is 6.92 Å². The van der Waals surface area contributed by atoms with Crippen LogP contribution in [0.25, 0.3) is 0 Å². The lowest BCUT2D eigenvalue weighted by Gasteiger charge is -2.34. The highest BCUT2D eigenvalue weighted by Gasteiger charge is 2.17. The largest absolute Gasteiger partial charge is 0.376 e. The zero-order chi connectivity index (χ0) is 20.1. The molecule has 1 aromatic heterocycles. The molecule has 0 bridgehead atoms. The Kier molecular flexibility index (Phi) is 6.46. The van der Waals surface area contributed by atoms with Crippen LogP contribution in [-0.2, 0) is 11.2 Å². The normalized spacial score (nSPS) is 20.1. The van der Waals surface area contributed by atoms with Crippen molar-refractivity contribution in [2.45, 2.75) is 32.3 Å². The summed E-state index contributed by atoms with van der Waals surface area (Å²) in [6.07, 6.45) is 5.35. The van der Waals surface area contributed by atoms with Gasteiger partial charge in [0.1, 0.15) is 5.82 Å². The third-order valence-electron chi connectivity index (χ3n) is 5.76. The van der Waals surface area contributed by atoms with Crippen molar-refractivity contribution in [2.75, 3.05) is 61.9 Å². The van der Waals surface area contributed by atoms with Gasteiger partial charge in [0, 0.05) is 62.5 Å². The lowest BCUT2D eigenvalue weighted by molar-refractivity contribution is 0.120. The van der Waals surface area contributed by atoms with Gasteiger partial charge >= 0.3 is 0 Å². The van der Waals surface area contributed by atoms with Crippen LogP contribution in [0.15, 0.2) is 30.5 Å². The van der Waals surface area contributed by atoms with Gasteiger partial charge in [-0.3, -0.25) is 0 Å². The monoisotopic (exact) mass is 396 g/mol. The second-order valence-corrected chi connectivity index (χ2v) is 7.90. The van der Waals surface area contributed by atoms with Gasteiger partial charge in [0.05, 0.1) is 6.10 Å². The number of aromatic nitrogens is 2. The molecule has 0 spiro atoms. The van der Waals surface area contributed by atoms with E-state index in [4.69, 9.17) is 9.72 Å². The van der Waals surface area contributed by atoms with Crippen molar-refractivity contribution in [1.29, 1.82) is 0 Å². The maximum atomic E-state index is 5.71. The number of benzene rings is 1. The van der Waals surface area contributed by atoms with Gasteiger partial charge in [-0.15, -0.1) is 0 Å². The molecular formula is C22H32N6O. The van der Waals surface area contributed by atoms with Crippen LogP contribution in [0.5, 0.6) is 0 Å². The molecule has 0 saturated carbocycles. The van der Waals surface area contributed by atoms with Crippen LogP contribution in [0.1, 0.15) is 25.3 Å². The van der Waals surface area contributed by atoms with E-state index in [2.05, 4.69) is 63.7 Å². The first-order valence-electron chi connectivity index (χ1n) is 10.7. The summed E-state index contributed by atoms with van der Waals surface area (Å²) in [5, 5.41) is 6.80. The van der Waals surface area contributed by atoms with Crippen LogP contribution < -0.4 is 15.5 Å². The topological polar surface area (TPSA) is 65.6 Å². The van der Waals surface area contributed by atoms with Crippen molar-refractivity contribution in [3.05, 3.63) is 36.0 Å². The van der Waals surface area contributed by atoms with Gasteiger partial charge in [0.2, 0.25) is 5.95 Å². The van der Waals surface area contributed by atoms with E-state index in [1.54, 1.807) is 0 Å². The van der Waals surface area contributed by atoms with Crippen molar-refractivity contribution >= 4 is 23.1 Å². The Labute approximate surface area is 173 Å². The molecule has 156 valence electrons. The lowest BCUT2D eigenvalue weighted by atomic mass is 10.2. The first-order valence-corrected chi connectivity index (χ1v) is 10.7. The summed E-state index contributed by atoms with van der Waals surface area (Å²) < 4.78 is 5.71. The van der Waals surface area contributed by atoms with E-state index in [1.807, 2.05) is 6.20 Å². The Morgan fingerprint density at radius 2 is 1.93 bits per heavy atom. The molecule has 7 heteroatoms. The molecule has 2 saturated heterocycles. The average molecular weight is 397 g/mol. The number of piperazine rings is 1. The van der Waals surface area contributed by atoms with Crippen LogP contribution in [0.3, 0.4) is 0 Å². The Hall–Kier alpha value is -2.38. The fourth-order valence-corrected chi connectivity index (χ4v) is 3.84. The first kappa shape index (κ1) is 19.9. The predicted octanol–water partition coefficient (Wildman–Crippen LogP) is 3.13. The first-order chi connectivity index (χ1) is 14.2. The minimum absolute atomic E-state index is 0.285. The van der Waals surface area contributed by atoms with Crippen molar-refractivity contribution in [3.63, 3.8) is 0 Å². The van der Waals surface area contributed by atoms with Gasteiger partial charge in [-0.25, -0.2) is 4.98 Å². The molecule has 2 aliphatic rings. The van der Waals surface area contributed by atoms with Gasteiger partial charge in [0.25, 0.3) is 0 Å². The van der Waals surface area contributed by atoms with Crippen LogP contribution in [0.4, 0.5) is 23.1 Å². The molecule has 2 aromatic rings.